The van der Waals surface area contributed by atoms with Crippen LogP contribution in [0.5, 0.6) is 5.75 Å². The largest absolute Gasteiger partial charge is 0.490 e. The molecular weight excluding hydrogens is 592 g/mol. The van der Waals surface area contributed by atoms with E-state index in [-0.39, 0.29) is 17.9 Å². The number of aryl methyl sites for hydroxylation is 1. The zero-order valence-corrected chi connectivity index (χ0v) is 26.6. The van der Waals surface area contributed by atoms with E-state index in [9.17, 15) is 14.4 Å². The van der Waals surface area contributed by atoms with E-state index in [0.29, 0.717) is 41.3 Å². The van der Waals surface area contributed by atoms with Crippen molar-refractivity contribution in [2.24, 2.45) is 7.05 Å². The number of nitrogens with one attached hydrogen (secondary N) is 2. The molecule has 2 aromatic carbocycles. The fraction of sp³-hybridized carbons (Fsp3) is 0.368. The number of amides is 2. The van der Waals surface area contributed by atoms with Crippen molar-refractivity contribution in [3.63, 3.8) is 0 Å². The quantitative estimate of drug-likeness (QED) is 0.159. The normalized spacial score (nSPS) is 17.7. The fourth-order valence-electron chi connectivity index (χ4n) is 7.21. The second-order valence-corrected chi connectivity index (χ2v) is 13.2. The van der Waals surface area contributed by atoms with Gasteiger partial charge in [-0.15, -0.1) is 0 Å². The van der Waals surface area contributed by atoms with E-state index in [0.717, 1.165) is 66.9 Å². The van der Waals surface area contributed by atoms with Gasteiger partial charge in [-0.25, -0.2) is 4.79 Å². The van der Waals surface area contributed by atoms with Gasteiger partial charge in [0.15, 0.2) is 0 Å². The highest BCUT2D eigenvalue weighted by Crippen LogP contribution is 2.44. The lowest BCUT2D eigenvalue weighted by atomic mass is 9.75. The highest BCUT2D eigenvalue weighted by Gasteiger charge is 2.45. The Balaban J connectivity index is 1.13. The minimum atomic E-state index is -1.05. The molecule has 0 bridgehead atoms. The van der Waals surface area contributed by atoms with Gasteiger partial charge in [0.05, 0.1) is 17.5 Å². The summed E-state index contributed by atoms with van der Waals surface area (Å²) in [6.07, 6.45) is 14.1. The van der Waals surface area contributed by atoms with Crippen LogP contribution in [0.15, 0.2) is 66.9 Å². The minimum absolute atomic E-state index is 0.0750. The molecule has 0 aliphatic heterocycles. The first-order valence-corrected chi connectivity index (χ1v) is 16.7. The molecule has 2 heterocycles. The number of ether oxygens (including phenoxy) is 1. The fourth-order valence-corrected chi connectivity index (χ4v) is 7.21. The molecule has 0 radical (unpaired) electrons. The summed E-state index contributed by atoms with van der Waals surface area (Å²) in [4.78, 5) is 43.3. The third kappa shape index (κ3) is 6.02. The number of benzene rings is 2. The van der Waals surface area contributed by atoms with Crippen molar-refractivity contribution in [1.29, 1.82) is 0 Å². The molecule has 0 spiro atoms. The molecule has 0 atom stereocenters. The number of hydrogen-bond acceptors (Lipinski definition) is 5. The predicted octanol–water partition coefficient (Wildman–Crippen LogP) is 7.22. The first-order chi connectivity index (χ1) is 22.8. The first-order valence-electron chi connectivity index (χ1n) is 16.7. The van der Waals surface area contributed by atoms with Gasteiger partial charge < -0.3 is 25.0 Å². The van der Waals surface area contributed by atoms with Crippen molar-refractivity contribution < 1.29 is 24.2 Å². The maximum Gasteiger partial charge on any atom is 0.328 e. The molecule has 9 heteroatoms. The number of carbonyl (C=O) groups excluding carboxylic acids is 2. The number of pyridine rings is 1. The Hall–Kier alpha value is -4.92. The Bertz CT molecular complexity index is 1860. The van der Waals surface area contributed by atoms with Crippen LogP contribution >= 0.6 is 0 Å². The van der Waals surface area contributed by atoms with E-state index in [4.69, 9.17) is 9.84 Å². The van der Waals surface area contributed by atoms with E-state index in [1.54, 1.807) is 18.2 Å². The number of carbonyl (C=O) groups is 3. The SMILES string of the molecule is Cn1c(-c2ccccn2)c(C2CCCC2)c2ccc(C(=O)NC3(C(=O)Nc4ccc(/C=C/C(=O)O)c(OC5CCC5)c4)CCC3)cc21. The van der Waals surface area contributed by atoms with Gasteiger partial charge in [0.1, 0.15) is 11.3 Å². The lowest BCUT2D eigenvalue weighted by Gasteiger charge is -2.40. The Morgan fingerprint density at radius 3 is 2.45 bits per heavy atom. The van der Waals surface area contributed by atoms with E-state index in [1.807, 2.05) is 43.6 Å². The number of fused-ring (bicyclic) bond motifs is 1. The van der Waals surface area contributed by atoms with Crippen LogP contribution in [0.4, 0.5) is 5.69 Å². The van der Waals surface area contributed by atoms with Gasteiger partial charge in [0, 0.05) is 53.1 Å². The summed E-state index contributed by atoms with van der Waals surface area (Å²) in [6, 6.07) is 17.0. The molecule has 47 heavy (non-hydrogen) atoms. The minimum Gasteiger partial charge on any atom is -0.490 e. The summed E-state index contributed by atoms with van der Waals surface area (Å²) in [5, 5.41) is 16.3. The van der Waals surface area contributed by atoms with Crippen molar-refractivity contribution in [2.45, 2.75) is 81.8 Å². The monoisotopic (exact) mass is 632 g/mol. The lowest BCUT2D eigenvalue weighted by Crippen LogP contribution is -2.61. The van der Waals surface area contributed by atoms with Crippen molar-refractivity contribution in [3.8, 4) is 17.1 Å². The predicted molar refractivity (Wildman–Crippen MR) is 181 cm³/mol. The number of carboxylic acid groups (broad SMARTS) is 1. The van der Waals surface area contributed by atoms with Gasteiger partial charge >= 0.3 is 5.97 Å². The van der Waals surface area contributed by atoms with Gasteiger partial charge in [0.2, 0.25) is 5.91 Å². The van der Waals surface area contributed by atoms with Crippen molar-refractivity contribution in [3.05, 3.63) is 83.6 Å². The number of anilines is 1. The highest BCUT2D eigenvalue weighted by molar-refractivity contribution is 6.06. The molecule has 242 valence electrons. The average molecular weight is 633 g/mol. The summed E-state index contributed by atoms with van der Waals surface area (Å²) in [6.45, 7) is 0. The Labute approximate surface area is 274 Å². The Morgan fingerprint density at radius 1 is 0.979 bits per heavy atom. The molecular formula is C38H40N4O5. The zero-order chi connectivity index (χ0) is 32.5. The lowest BCUT2D eigenvalue weighted by molar-refractivity contribution is -0.131. The van der Waals surface area contributed by atoms with Gasteiger partial charge in [-0.1, -0.05) is 25.0 Å². The van der Waals surface area contributed by atoms with Crippen LogP contribution in [-0.2, 0) is 16.6 Å². The van der Waals surface area contributed by atoms with Crippen LogP contribution in [-0.4, -0.2) is 44.1 Å². The van der Waals surface area contributed by atoms with Crippen molar-refractivity contribution in [1.82, 2.24) is 14.9 Å². The smallest absolute Gasteiger partial charge is 0.328 e. The third-order valence-electron chi connectivity index (χ3n) is 10.2. The summed E-state index contributed by atoms with van der Waals surface area (Å²) >= 11 is 0. The summed E-state index contributed by atoms with van der Waals surface area (Å²) in [7, 11) is 2.04. The molecule has 7 rings (SSSR count). The summed E-state index contributed by atoms with van der Waals surface area (Å²) in [5.74, 6) is -0.628. The average Bonchev–Trinajstić information content (AvgIpc) is 3.66. The highest BCUT2D eigenvalue weighted by atomic mass is 16.5. The van der Waals surface area contributed by atoms with Crippen LogP contribution < -0.4 is 15.4 Å². The van der Waals surface area contributed by atoms with Crippen molar-refractivity contribution >= 4 is 40.4 Å². The van der Waals surface area contributed by atoms with E-state index >= 15 is 0 Å². The molecule has 3 aliphatic carbocycles. The van der Waals surface area contributed by atoms with Gasteiger partial charge in [-0.3, -0.25) is 14.6 Å². The molecule has 3 saturated carbocycles. The Kier molecular flexibility index (Phi) is 8.30. The van der Waals surface area contributed by atoms with E-state index in [1.165, 1.54) is 24.5 Å². The molecule has 9 nitrogen and oxygen atoms in total. The second kappa shape index (κ2) is 12.7. The number of nitrogens with zero attached hydrogens (tertiary/aromatic N) is 2. The molecule has 3 aliphatic rings. The van der Waals surface area contributed by atoms with Gasteiger partial charge in [-0.2, -0.15) is 0 Å². The van der Waals surface area contributed by atoms with E-state index in [2.05, 4.69) is 26.3 Å². The van der Waals surface area contributed by atoms with Crippen LogP contribution in [0.2, 0.25) is 0 Å². The number of carboxylic acids is 1. The maximum atomic E-state index is 13.8. The second-order valence-electron chi connectivity index (χ2n) is 13.2. The molecule has 0 unspecified atom stereocenters. The van der Waals surface area contributed by atoms with Crippen molar-refractivity contribution in [2.75, 3.05) is 5.32 Å². The summed E-state index contributed by atoms with van der Waals surface area (Å²) in [5.41, 5.74) is 4.96. The Morgan fingerprint density at radius 2 is 1.79 bits per heavy atom. The van der Waals surface area contributed by atoms with Crippen LogP contribution in [0, 0.1) is 0 Å². The molecule has 2 amide bonds. The van der Waals surface area contributed by atoms with Gasteiger partial charge in [0.25, 0.3) is 5.91 Å². The van der Waals surface area contributed by atoms with Crippen LogP contribution in [0.1, 0.15) is 91.6 Å². The number of rotatable bonds is 10. The third-order valence-corrected chi connectivity index (χ3v) is 10.2. The standard InChI is InChI=1S/C38H40N4O5/c1-42-31-22-26(14-17-29(31)34(25-8-2-3-9-25)35(42)30-12-4-5-21-39-30)36(45)41-38(19-7-20-38)37(46)40-27-16-13-24(15-18-33(43)44)32(23-27)47-28-10-6-11-28/h4-5,12-18,21-23,25,28H,2-3,6-11,19-20H2,1H3,(H,40,46)(H,41,45)(H,43,44)/b18-15+. The first kappa shape index (κ1) is 30.7. The number of aromatic nitrogens is 2. The summed E-state index contributed by atoms with van der Waals surface area (Å²) < 4.78 is 8.29. The molecule has 0 saturated heterocycles. The van der Waals surface area contributed by atoms with E-state index < -0.39 is 11.5 Å². The molecule has 4 aromatic rings. The maximum absolute atomic E-state index is 13.8. The number of hydrogen-bond donors (Lipinski definition) is 3. The van der Waals surface area contributed by atoms with Gasteiger partial charge in [-0.05, 0) is 105 Å². The molecule has 3 N–H and O–H groups in total. The zero-order valence-electron chi connectivity index (χ0n) is 26.6. The molecule has 3 fully saturated rings. The number of aliphatic carboxylic acids is 1. The topological polar surface area (TPSA) is 123 Å². The van der Waals surface area contributed by atoms with Crippen LogP contribution in [0.3, 0.4) is 0 Å². The van der Waals surface area contributed by atoms with Crippen LogP contribution in [0.25, 0.3) is 28.4 Å². The molecule has 2 aromatic heterocycles.